The van der Waals surface area contributed by atoms with E-state index in [9.17, 15) is 4.39 Å². The number of nitrogens with zero attached hydrogens (tertiary/aromatic N) is 1. The highest BCUT2D eigenvalue weighted by Gasteiger charge is 2.06. The van der Waals surface area contributed by atoms with Gasteiger partial charge in [0.05, 0.1) is 11.9 Å². The van der Waals surface area contributed by atoms with Crippen LogP contribution in [0, 0.1) is 12.7 Å². The highest BCUT2D eigenvalue weighted by molar-refractivity contribution is 5.63. The molecule has 0 saturated heterocycles. The van der Waals surface area contributed by atoms with Gasteiger partial charge in [0.15, 0.2) is 11.6 Å². The van der Waals surface area contributed by atoms with Gasteiger partial charge >= 0.3 is 0 Å². The van der Waals surface area contributed by atoms with Crippen molar-refractivity contribution in [3.8, 4) is 17.0 Å². The molecule has 1 aromatic carbocycles. The molecule has 0 unspecified atom stereocenters. The Labute approximate surface area is 80.2 Å². The highest BCUT2D eigenvalue weighted by Crippen LogP contribution is 2.25. The van der Waals surface area contributed by atoms with E-state index in [1.54, 1.807) is 12.3 Å². The number of aromatic amines is 1. The van der Waals surface area contributed by atoms with Gasteiger partial charge in [-0.25, -0.2) is 4.39 Å². The van der Waals surface area contributed by atoms with Gasteiger partial charge in [-0.2, -0.15) is 5.10 Å². The van der Waals surface area contributed by atoms with Gasteiger partial charge in [0.25, 0.3) is 0 Å². The third-order valence-corrected chi connectivity index (χ3v) is 2.07. The summed E-state index contributed by atoms with van der Waals surface area (Å²) in [7, 11) is 0. The van der Waals surface area contributed by atoms with Gasteiger partial charge in [0, 0.05) is 5.56 Å². The number of aromatic hydroxyl groups is 1. The maximum absolute atomic E-state index is 13.0. The molecule has 0 spiro atoms. The Morgan fingerprint density at radius 2 is 2.21 bits per heavy atom. The number of H-pyrrole nitrogens is 1. The summed E-state index contributed by atoms with van der Waals surface area (Å²) < 4.78 is 13.0. The van der Waals surface area contributed by atoms with E-state index >= 15 is 0 Å². The van der Waals surface area contributed by atoms with E-state index in [-0.39, 0.29) is 5.75 Å². The van der Waals surface area contributed by atoms with E-state index in [0.29, 0.717) is 5.56 Å². The standard InChI is InChI=1S/C10H9FN2O/c1-6-5-12-13-10(6)7-2-3-9(14)8(11)4-7/h2-5,14H,1H3,(H,12,13). The molecule has 2 aromatic rings. The number of hydrogen-bond acceptors (Lipinski definition) is 2. The molecule has 0 bridgehead atoms. The zero-order valence-corrected chi connectivity index (χ0v) is 7.58. The summed E-state index contributed by atoms with van der Waals surface area (Å²) in [4.78, 5) is 0. The van der Waals surface area contributed by atoms with E-state index < -0.39 is 5.82 Å². The van der Waals surface area contributed by atoms with Crippen LogP contribution >= 0.6 is 0 Å². The van der Waals surface area contributed by atoms with Gasteiger partial charge in [0.1, 0.15) is 0 Å². The minimum atomic E-state index is -0.628. The summed E-state index contributed by atoms with van der Waals surface area (Å²) in [6.45, 7) is 1.88. The lowest BCUT2D eigenvalue weighted by atomic mass is 10.1. The maximum Gasteiger partial charge on any atom is 0.165 e. The van der Waals surface area contributed by atoms with Crippen molar-refractivity contribution in [2.24, 2.45) is 0 Å². The molecule has 1 heterocycles. The van der Waals surface area contributed by atoms with E-state index in [0.717, 1.165) is 11.3 Å². The van der Waals surface area contributed by atoms with Crippen molar-refractivity contribution in [3.63, 3.8) is 0 Å². The van der Waals surface area contributed by atoms with E-state index in [2.05, 4.69) is 10.2 Å². The van der Waals surface area contributed by atoms with Crippen LogP contribution in [0.25, 0.3) is 11.3 Å². The van der Waals surface area contributed by atoms with Crippen LogP contribution < -0.4 is 0 Å². The second-order valence-corrected chi connectivity index (χ2v) is 3.09. The van der Waals surface area contributed by atoms with Crippen molar-refractivity contribution in [1.29, 1.82) is 0 Å². The Balaban J connectivity index is 2.53. The predicted octanol–water partition coefficient (Wildman–Crippen LogP) is 2.23. The number of aromatic nitrogens is 2. The molecule has 1 aromatic heterocycles. The summed E-state index contributed by atoms with van der Waals surface area (Å²) in [5.41, 5.74) is 2.38. The lowest BCUT2D eigenvalue weighted by Crippen LogP contribution is -1.83. The molecule has 0 aliphatic heterocycles. The summed E-state index contributed by atoms with van der Waals surface area (Å²) >= 11 is 0. The molecule has 0 amide bonds. The molecule has 0 aliphatic carbocycles. The minimum Gasteiger partial charge on any atom is -0.505 e. The fraction of sp³-hybridized carbons (Fsp3) is 0.100. The van der Waals surface area contributed by atoms with Crippen LogP contribution in [0.4, 0.5) is 4.39 Å². The summed E-state index contributed by atoms with van der Waals surface area (Å²) in [5, 5.41) is 15.6. The number of rotatable bonds is 1. The van der Waals surface area contributed by atoms with Gasteiger partial charge in [-0.15, -0.1) is 0 Å². The van der Waals surface area contributed by atoms with Crippen LogP contribution in [-0.2, 0) is 0 Å². The number of phenolic OH excluding ortho intramolecular Hbond substituents is 1. The van der Waals surface area contributed by atoms with Crippen LogP contribution in [-0.4, -0.2) is 15.3 Å². The smallest absolute Gasteiger partial charge is 0.165 e. The SMILES string of the molecule is Cc1cn[nH]c1-c1ccc(O)c(F)c1. The lowest BCUT2D eigenvalue weighted by molar-refractivity contribution is 0.432. The number of phenols is 1. The van der Waals surface area contributed by atoms with Crippen molar-refractivity contribution in [1.82, 2.24) is 10.2 Å². The summed E-state index contributed by atoms with van der Waals surface area (Å²) in [6, 6.07) is 4.24. The van der Waals surface area contributed by atoms with Crippen LogP contribution in [0.1, 0.15) is 5.56 Å². The van der Waals surface area contributed by atoms with Gasteiger partial charge in [0.2, 0.25) is 0 Å². The van der Waals surface area contributed by atoms with Gasteiger partial charge in [-0.3, -0.25) is 5.10 Å². The monoisotopic (exact) mass is 192 g/mol. The fourth-order valence-electron chi connectivity index (χ4n) is 1.30. The molecule has 0 saturated carbocycles. The zero-order chi connectivity index (χ0) is 10.1. The number of nitrogens with one attached hydrogen (secondary N) is 1. The van der Waals surface area contributed by atoms with Gasteiger partial charge < -0.3 is 5.11 Å². The second kappa shape index (κ2) is 3.14. The first-order valence-electron chi connectivity index (χ1n) is 4.17. The largest absolute Gasteiger partial charge is 0.505 e. The molecule has 4 heteroatoms. The van der Waals surface area contributed by atoms with Crippen molar-refractivity contribution in [3.05, 3.63) is 35.8 Å². The van der Waals surface area contributed by atoms with Gasteiger partial charge in [-0.1, -0.05) is 0 Å². The predicted molar refractivity (Wildman–Crippen MR) is 50.4 cm³/mol. The Morgan fingerprint density at radius 1 is 1.43 bits per heavy atom. The molecule has 14 heavy (non-hydrogen) atoms. The molecule has 72 valence electrons. The molecule has 3 nitrogen and oxygen atoms in total. The number of hydrogen-bond donors (Lipinski definition) is 2. The molecule has 0 atom stereocenters. The second-order valence-electron chi connectivity index (χ2n) is 3.09. The van der Waals surface area contributed by atoms with E-state index in [1.807, 2.05) is 6.92 Å². The first kappa shape index (κ1) is 8.74. The average Bonchev–Trinajstić information content (AvgIpc) is 2.57. The molecule has 2 N–H and O–H groups in total. The Morgan fingerprint density at radius 3 is 2.79 bits per heavy atom. The summed E-state index contributed by atoms with van der Waals surface area (Å²) in [6.07, 6.45) is 1.67. The van der Waals surface area contributed by atoms with Gasteiger partial charge in [-0.05, 0) is 30.7 Å². The average molecular weight is 192 g/mol. The van der Waals surface area contributed by atoms with Crippen molar-refractivity contribution in [2.45, 2.75) is 6.92 Å². The van der Waals surface area contributed by atoms with Crippen LogP contribution in [0.15, 0.2) is 24.4 Å². The first-order valence-corrected chi connectivity index (χ1v) is 4.17. The summed E-state index contributed by atoms with van der Waals surface area (Å²) in [5.74, 6) is -0.970. The zero-order valence-electron chi connectivity index (χ0n) is 7.58. The first-order chi connectivity index (χ1) is 6.68. The Bertz CT molecular complexity index is 465. The topological polar surface area (TPSA) is 48.9 Å². The van der Waals surface area contributed by atoms with Crippen LogP contribution in [0.3, 0.4) is 0 Å². The number of aryl methyl sites for hydroxylation is 1. The number of halogens is 1. The maximum atomic E-state index is 13.0. The van der Waals surface area contributed by atoms with Crippen molar-refractivity contribution < 1.29 is 9.50 Å². The normalized spacial score (nSPS) is 10.4. The fourth-order valence-corrected chi connectivity index (χ4v) is 1.30. The third kappa shape index (κ3) is 1.35. The van der Waals surface area contributed by atoms with Crippen LogP contribution in [0.5, 0.6) is 5.75 Å². The molecule has 0 fully saturated rings. The molecular formula is C10H9FN2O. The molecular weight excluding hydrogens is 183 g/mol. The van der Waals surface area contributed by atoms with E-state index in [4.69, 9.17) is 5.11 Å². The molecule has 0 radical (unpaired) electrons. The lowest BCUT2D eigenvalue weighted by Gasteiger charge is -2.00. The third-order valence-electron chi connectivity index (χ3n) is 2.07. The number of benzene rings is 1. The molecule has 2 rings (SSSR count). The molecule has 0 aliphatic rings. The highest BCUT2D eigenvalue weighted by atomic mass is 19.1. The Kier molecular flexibility index (Phi) is 1.96. The van der Waals surface area contributed by atoms with Crippen LogP contribution in [0.2, 0.25) is 0 Å². The quantitative estimate of drug-likeness (QED) is 0.727. The van der Waals surface area contributed by atoms with E-state index in [1.165, 1.54) is 12.1 Å². The minimum absolute atomic E-state index is 0.342. The van der Waals surface area contributed by atoms with Crippen molar-refractivity contribution in [2.75, 3.05) is 0 Å². The Hall–Kier alpha value is -1.84. The van der Waals surface area contributed by atoms with Crippen molar-refractivity contribution >= 4 is 0 Å².